The maximum Gasteiger partial charge on any atom is 0.257 e. The molecule has 0 aliphatic carbocycles. The number of hydrogen-bond acceptors (Lipinski definition) is 5. The molecular formula is C20H27N5O2. The molecule has 1 atom stereocenters. The molecule has 2 aromatic rings. The van der Waals surface area contributed by atoms with Crippen LogP contribution in [-0.2, 0) is 7.05 Å². The zero-order valence-electron chi connectivity index (χ0n) is 16.3. The number of anilines is 1. The summed E-state index contributed by atoms with van der Waals surface area (Å²) in [7, 11) is 1.87. The molecule has 0 N–H and O–H groups in total. The Kier molecular flexibility index (Phi) is 4.76. The van der Waals surface area contributed by atoms with Crippen molar-refractivity contribution in [1.82, 2.24) is 19.7 Å². The minimum atomic E-state index is -0.00298. The maximum atomic E-state index is 13.0. The molecule has 2 saturated heterocycles. The lowest BCUT2D eigenvalue weighted by Crippen LogP contribution is -2.32. The molecule has 7 nitrogen and oxygen atoms in total. The molecule has 2 aliphatic rings. The molecule has 4 heterocycles. The molecule has 7 heteroatoms. The number of pyridine rings is 1. The van der Waals surface area contributed by atoms with Crippen LogP contribution < -0.4 is 9.64 Å². The van der Waals surface area contributed by atoms with Gasteiger partial charge in [-0.3, -0.25) is 9.48 Å². The standard InChI is InChI=1S/C20H27N5O2/c1-14-18(15(2)23(3)22-14)20(26)25-12-8-16(13-25)27-17-7-6-9-21-19(17)24-10-4-5-11-24/h6-7,9,16H,4-5,8,10-13H2,1-3H3. The van der Waals surface area contributed by atoms with E-state index < -0.39 is 0 Å². The minimum absolute atomic E-state index is 0.00298. The van der Waals surface area contributed by atoms with Crippen molar-refractivity contribution in [2.75, 3.05) is 31.1 Å². The van der Waals surface area contributed by atoms with Crippen LogP contribution in [0.1, 0.15) is 41.0 Å². The lowest BCUT2D eigenvalue weighted by atomic mass is 10.2. The van der Waals surface area contributed by atoms with Gasteiger partial charge < -0.3 is 14.5 Å². The molecule has 4 rings (SSSR count). The molecule has 2 aromatic heterocycles. The topological polar surface area (TPSA) is 63.5 Å². The second kappa shape index (κ2) is 7.21. The number of ether oxygens (including phenoxy) is 1. The van der Waals surface area contributed by atoms with E-state index in [-0.39, 0.29) is 12.0 Å². The highest BCUT2D eigenvalue weighted by molar-refractivity contribution is 5.96. The number of aryl methyl sites for hydroxylation is 2. The Morgan fingerprint density at radius 2 is 2.00 bits per heavy atom. The zero-order valence-corrected chi connectivity index (χ0v) is 16.3. The highest BCUT2D eigenvalue weighted by atomic mass is 16.5. The summed E-state index contributed by atoms with van der Waals surface area (Å²) in [5, 5.41) is 4.37. The van der Waals surface area contributed by atoms with Crippen LogP contribution in [0.15, 0.2) is 18.3 Å². The Balaban J connectivity index is 1.45. The van der Waals surface area contributed by atoms with Crippen molar-refractivity contribution >= 4 is 11.7 Å². The summed E-state index contributed by atoms with van der Waals surface area (Å²) >= 11 is 0. The number of likely N-dealkylation sites (tertiary alicyclic amines) is 1. The summed E-state index contributed by atoms with van der Waals surface area (Å²) in [6.45, 7) is 7.19. The summed E-state index contributed by atoms with van der Waals surface area (Å²) < 4.78 is 8.05. The van der Waals surface area contributed by atoms with E-state index >= 15 is 0 Å². The third-order valence-electron chi connectivity index (χ3n) is 5.61. The summed E-state index contributed by atoms with van der Waals surface area (Å²) in [5.41, 5.74) is 2.41. The average Bonchev–Trinajstić information content (AvgIpc) is 3.38. The summed E-state index contributed by atoms with van der Waals surface area (Å²) in [6.07, 6.45) is 5.05. The van der Waals surface area contributed by atoms with Gasteiger partial charge in [0.15, 0.2) is 11.6 Å². The van der Waals surface area contributed by atoms with E-state index in [0.717, 1.165) is 48.0 Å². The number of aromatic nitrogens is 3. The second-order valence-electron chi connectivity index (χ2n) is 7.47. The van der Waals surface area contributed by atoms with Gasteiger partial charge in [-0.15, -0.1) is 0 Å². The molecule has 27 heavy (non-hydrogen) atoms. The summed E-state index contributed by atoms with van der Waals surface area (Å²) in [6, 6.07) is 3.90. The molecule has 1 amide bonds. The van der Waals surface area contributed by atoms with E-state index in [4.69, 9.17) is 4.74 Å². The SMILES string of the molecule is Cc1nn(C)c(C)c1C(=O)N1CCC(Oc2cccnc2N2CCCC2)C1. The van der Waals surface area contributed by atoms with Crippen molar-refractivity contribution in [2.24, 2.45) is 7.05 Å². The van der Waals surface area contributed by atoms with E-state index in [0.29, 0.717) is 13.1 Å². The fourth-order valence-electron chi connectivity index (χ4n) is 4.07. The van der Waals surface area contributed by atoms with E-state index in [1.54, 1.807) is 4.68 Å². The average molecular weight is 369 g/mol. The number of rotatable bonds is 4. The summed E-state index contributed by atoms with van der Waals surface area (Å²) in [5.74, 6) is 1.81. The predicted molar refractivity (Wildman–Crippen MR) is 103 cm³/mol. The Hall–Kier alpha value is -2.57. The lowest BCUT2D eigenvalue weighted by molar-refractivity contribution is 0.0771. The molecule has 2 aliphatic heterocycles. The highest BCUT2D eigenvalue weighted by Crippen LogP contribution is 2.30. The first-order chi connectivity index (χ1) is 13.0. The number of carbonyl (C=O) groups is 1. The van der Waals surface area contributed by atoms with Crippen molar-refractivity contribution in [1.29, 1.82) is 0 Å². The van der Waals surface area contributed by atoms with Gasteiger partial charge in [0.1, 0.15) is 6.10 Å². The Labute approximate surface area is 159 Å². The number of amides is 1. The van der Waals surface area contributed by atoms with E-state index in [2.05, 4.69) is 15.0 Å². The van der Waals surface area contributed by atoms with E-state index in [1.165, 1.54) is 12.8 Å². The molecule has 0 saturated carbocycles. The highest BCUT2D eigenvalue weighted by Gasteiger charge is 2.32. The third-order valence-corrected chi connectivity index (χ3v) is 5.61. The second-order valence-corrected chi connectivity index (χ2v) is 7.47. The normalized spacial score (nSPS) is 19.7. The monoisotopic (exact) mass is 369 g/mol. The van der Waals surface area contributed by atoms with Gasteiger partial charge in [0.25, 0.3) is 5.91 Å². The van der Waals surface area contributed by atoms with Gasteiger partial charge in [0, 0.05) is 45.0 Å². The van der Waals surface area contributed by atoms with Crippen molar-refractivity contribution in [3.05, 3.63) is 35.3 Å². The molecule has 144 valence electrons. The Morgan fingerprint density at radius 3 is 2.70 bits per heavy atom. The molecule has 0 bridgehead atoms. The van der Waals surface area contributed by atoms with Crippen LogP contribution in [0.4, 0.5) is 5.82 Å². The Bertz CT molecular complexity index is 841. The fourth-order valence-corrected chi connectivity index (χ4v) is 4.07. The van der Waals surface area contributed by atoms with Gasteiger partial charge in [-0.2, -0.15) is 5.10 Å². The number of hydrogen-bond donors (Lipinski definition) is 0. The first-order valence-corrected chi connectivity index (χ1v) is 9.70. The van der Waals surface area contributed by atoms with Crippen molar-refractivity contribution in [3.63, 3.8) is 0 Å². The third kappa shape index (κ3) is 3.38. The minimum Gasteiger partial charge on any atom is -0.485 e. The maximum absolute atomic E-state index is 13.0. The number of nitrogens with zero attached hydrogens (tertiary/aromatic N) is 5. The molecule has 0 radical (unpaired) electrons. The predicted octanol–water partition coefficient (Wildman–Crippen LogP) is 2.33. The van der Waals surface area contributed by atoms with E-state index in [9.17, 15) is 4.79 Å². The van der Waals surface area contributed by atoms with Crippen molar-refractivity contribution < 1.29 is 9.53 Å². The van der Waals surface area contributed by atoms with Gasteiger partial charge in [0.05, 0.1) is 17.8 Å². The van der Waals surface area contributed by atoms with Gasteiger partial charge >= 0.3 is 0 Å². The fraction of sp³-hybridized carbons (Fsp3) is 0.550. The molecule has 0 aromatic carbocycles. The van der Waals surface area contributed by atoms with Gasteiger partial charge in [0.2, 0.25) is 0 Å². The lowest BCUT2D eigenvalue weighted by Gasteiger charge is -2.22. The van der Waals surface area contributed by atoms with Crippen LogP contribution in [-0.4, -0.2) is 57.9 Å². The van der Waals surface area contributed by atoms with E-state index in [1.807, 2.05) is 44.1 Å². The van der Waals surface area contributed by atoms with Gasteiger partial charge in [-0.25, -0.2) is 4.98 Å². The zero-order chi connectivity index (χ0) is 19.0. The first kappa shape index (κ1) is 17.8. The van der Waals surface area contributed by atoms with Gasteiger partial charge in [-0.1, -0.05) is 0 Å². The van der Waals surface area contributed by atoms with Crippen LogP contribution in [0.3, 0.4) is 0 Å². The van der Waals surface area contributed by atoms with Crippen molar-refractivity contribution in [2.45, 2.75) is 39.2 Å². The van der Waals surface area contributed by atoms with Crippen LogP contribution >= 0.6 is 0 Å². The number of carbonyl (C=O) groups excluding carboxylic acids is 1. The van der Waals surface area contributed by atoms with Crippen LogP contribution in [0, 0.1) is 13.8 Å². The largest absolute Gasteiger partial charge is 0.485 e. The smallest absolute Gasteiger partial charge is 0.257 e. The molecule has 1 unspecified atom stereocenters. The molecule has 0 spiro atoms. The van der Waals surface area contributed by atoms with Gasteiger partial charge in [-0.05, 0) is 38.8 Å². The van der Waals surface area contributed by atoms with Crippen molar-refractivity contribution in [3.8, 4) is 5.75 Å². The van der Waals surface area contributed by atoms with Crippen LogP contribution in [0.25, 0.3) is 0 Å². The quantitative estimate of drug-likeness (QED) is 0.828. The Morgan fingerprint density at radius 1 is 1.22 bits per heavy atom. The molecule has 2 fully saturated rings. The van der Waals surface area contributed by atoms with Crippen LogP contribution in [0.2, 0.25) is 0 Å². The van der Waals surface area contributed by atoms with Crippen LogP contribution in [0.5, 0.6) is 5.75 Å². The first-order valence-electron chi connectivity index (χ1n) is 9.70. The molecular weight excluding hydrogens is 342 g/mol. The summed E-state index contributed by atoms with van der Waals surface area (Å²) in [4.78, 5) is 21.7.